The lowest BCUT2D eigenvalue weighted by molar-refractivity contribution is -0.131. The highest BCUT2D eigenvalue weighted by Gasteiger charge is 2.34. The third-order valence-electron chi connectivity index (χ3n) is 2.88. The zero-order chi connectivity index (χ0) is 11.1. The van der Waals surface area contributed by atoms with Crippen LogP contribution in [-0.2, 0) is 9.53 Å². The topological polar surface area (TPSA) is 50.4 Å². The molecule has 1 rings (SSSR count). The molecule has 0 aliphatic carbocycles. The summed E-state index contributed by atoms with van der Waals surface area (Å²) in [4.78, 5) is 11.9. The molecule has 0 bridgehead atoms. The highest BCUT2D eigenvalue weighted by molar-refractivity contribution is 5.82. The lowest BCUT2D eigenvalue weighted by Gasteiger charge is -2.32. The number of hydrogen-bond acceptors (Lipinski definition) is 3. The molecule has 0 aromatic heterocycles. The van der Waals surface area contributed by atoms with Gasteiger partial charge in [0.2, 0.25) is 5.91 Å². The molecule has 0 aromatic rings. The summed E-state index contributed by atoms with van der Waals surface area (Å²) in [5.41, 5.74) is -0.232. The summed E-state index contributed by atoms with van der Waals surface area (Å²) < 4.78 is 5.17. The van der Waals surface area contributed by atoms with Crippen LogP contribution in [0.1, 0.15) is 26.7 Å². The van der Waals surface area contributed by atoms with Crippen LogP contribution in [0.15, 0.2) is 0 Å². The minimum absolute atomic E-state index is 0.148. The summed E-state index contributed by atoms with van der Waals surface area (Å²) in [6.45, 7) is 7.71. The van der Waals surface area contributed by atoms with E-state index < -0.39 is 0 Å². The fourth-order valence-corrected chi connectivity index (χ4v) is 1.84. The number of carbonyl (C=O) groups is 1. The molecule has 1 unspecified atom stereocenters. The average molecular weight is 214 g/mol. The van der Waals surface area contributed by atoms with Crippen LogP contribution >= 0.6 is 0 Å². The summed E-state index contributed by atoms with van der Waals surface area (Å²) in [6, 6.07) is 0. The Bertz CT molecular complexity index is 201. The van der Waals surface area contributed by atoms with Crippen molar-refractivity contribution in [1.29, 1.82) is 0 Å². The molecule has 15 heavy (non-hydrogen) atoms. The number of piperidine rings is 1. The van der Waals surface area contributed by atoms with Crippen LogP contribution in [0.3, 0.4) is 0 Å². The Kier molecular flexibility index (Phi) is 5.05. The molecule has 0 aromatic carbocycles. The van der Waals surface area contributed by atoms with Crippen molar-refractivity contribution in [3.8, 4) is 0 Å². The van der Waals surface area contributed by atoms with E-state index >= 15 is 0 Å². The first-order chi connectivity index (χ1) is 7.19. The molecule has 2 N–H and O–H groups in total. The van der Waals surface area contributed by atoms with Gasteiger partial charge in [-0.15, -0.1) is 0 Å². The van der Waals surface area contributed by atoms with Crippen LogP contribution in [0.2, 0.25) is 0 Å². The minimum Gasteiger partial charge on any atom is -0.380 e. The largest absolute Gasteiger partial charge is 0.380 e. The normalized spacial score (nSPS) is 26.3. The van der Waals surface area contributed by atoms with Gasteiger partial charge in [0.25, 0.3) is 0 Å². The monoisotopic (exact) mass is 214 g/mol. The molecular weight excluding hydrogens is 192 g/mol. The summed E-state index contributed by atoms with van der Waals surface area (Å²) in [6.07, 6.45) is 2.05. The third kappa shape index (κ3) is 3.80. The van der Waals surface area contributed by atoms with Gasteiger partial charge in [-0.2, -0.15) is 0 Å². The van der Waals surface area contributed by atoms with Crippen molar-refractivity contribution < 1.29 is 9.53 Å². The highest BCUT2D eigenvalue weighted by atomic mass is 16.5. The lowest BCUT2D eigenvalue weighted by atomic mass is 9.82. The van der Waals surface area contributed by atoms with Gasteiger partial charge in [0.15, 0.2) is 0 Å². The van der Waals surface area contributed by atoms with Crippen LogP contribution in [0.25, 0.3) is 0 Å². The summed E-state index contributed by atoms with van der Waals surface area (Å²) in [7, 11) is 0. The van der Waals surface area contributed by atoms with Crippen molar-refractivity contribution in [1.82, 2.24) is 10.6 Å². The van der Waals surface area contributed by atoms with Crippen molar-refractivity contribution >= 4 is 5.91 Å². The van der Waals surface area contributed by atoms with E-state index in [1.54, 1.807) is 0 Å². The molecule has 1 aliphatic heterocycles. The molecular formula is C11H22N2O2. The SMILES string of the molecule is CCOCCNC(=O)C1(C)CCCNC1. The highest BCUT2D eigenvalue weighted by Crippen LogP contribution is 2.25. The van der Waals surface area contributed by atoms with Gasteiger partial charge in [0.1, 0.15) is 0 Å². The minimum atomic E-state index is -0.232. The maximum absolute atomic E-state index is 11.9. The second-order valence-electron chi connectivity index (χ2n) is 4.29. The van der Waals surface area contributed by atoms with E-state index in [4.69, 9.17) is 4.74 Å². The fraction of sp³-hybridized carbons (Fsp3) is 0.909. The van der Waals surface area contributed by atoms with Crippen molar-refractivity contribution in [3.63, 3.8) is 0 Å². The van der Waals surface area contributed by atoms with E-state index in [1.165, 1.54) is 0 Å². The van der Waals surface area contributed by atoms with Gasteiger partial charge in [-0.3, -0.25) is 4.79 Å². The summed E-state index contributed by atoms with van der Waals surface area (Å²) in [5.74, 6) is 0.148. The molecule has 1 saturated heterocycles. The van der Waals surface area contributed by atoms with Crippen LogP contribution in [-0.4, -0.2) is 38.8 Å². The standard InChI is InChI=1S/C11H22N2O2/c1-3-15-8-7-13-10(14)11(2)5-4-6-12-9-11/h12H,3-9H2,1-2H3,(H,13,14). The van der Waals surface area contributed by atoms with Crippen LogP contribution in [0.5, 0.6) is 0 Å². The first-order valence-electron chi connectivity index (χ1n) is 5.76. The Morgan fingerprint density at radius 2 is 2.40 bits per heavy atom. The smallest absolute Gasteiger partial charge is 0.227 e. The van der Waals surface area contributed by atoms with E-state index in [-0.39, 0.29) is 11.3 Å². The molecule has 4 nitrogen and oxygen atoms in total. The van der Waals surface area contributed by atoms with E-state index in [0.717, 1.165) is 25.9 Å². The second kappa shape index (κ2) is 6.08. The Labute approximate surface area is 91.8 Å². The molecule has 1 amide bonds. The predicted octanol–water partition coefficient (Wildman–Crippen LogP) is 0.529. The van der Waals surface area contributed by atoms with E-state index in [1.807, 2.05) is 13.8 Å². The number of rotatable bonds is 5. The molecule has 4 heteroatoms. The molecule has 0 saturated carbocycles. The van der Waals surface area contributed by atoms with E-state index in [2.05, 4.69) is 10.6 Å². The van der Waals surface area contributed by atoms with Gasteiger partial charge in [0, 0.05) is 19.7 Å². The number of ether oxygens (including phenoxy) is 1. The maximum atomic E-state index is 11.9. The average Bonchev–Trinajstić information content (AvgIpc) is 2.25. The lowest BCUT2D eigenvalue weighted by Crippen LogP contribution is -2.49. The van der Waals surface area contributed by atoms with E-state index in [9.17, 15) is 4.79 Å². The van der Waals surface area contributed by atoms with Gasteiger partial charge >= 0.3 is 0 Å². The Morgan fingerprint density at radius 3 is 3.00 bits per heavy atom. The second-order valence-corrected chi connectivity index (χ2v) is 4.29. The number of carbonyl (C=O) groups excluding carboxylic acids is 1. The molecule has 1 aliphatic rings. The van der Waals surface area contributed by atoms with Crippen molar-refractivity contribution in [3.05, 3.63) is 0 Å². The van der Waals surface area contributed by atoms with Crippen LogP contribution in [0, 0.1) is 5.41 Å². The third-order valence-corrected chi connectivity index (χ3v) is 2.88. The van der Waals surface area contributed by atoms with Crippen LogP contribution < -0.4 is 10.6 Å². The Balaban J connectivity index is 2.25. The predicted molar refractivity (Wildman–Crippen MR) is 59.7 cm³/mol. The van der Waals surface area contributed by atoms with Gasteiger partial charge in [-0.1, -0.05) is 0 Å². The maximum Gasteiger partial charge on any atom is 0.227 e. The van der Waals surface area contributed by atoms with E-state index in [0.29, 0.717) is 19.8 Å². The van der Waals surface area contributed by atoms with Gasteiger partial charge in [-0.05, 0) is 33.2 Å². The number of amides is 1. The van der Waals surface area contributed by atoms with Crippen molar-refractivity contribution in [2.75, 3.05) is 32.8 Å². The molecule has 88 valence electrons. The molecule has 1 atom stereocenters. The number of nitrogens with one attached hydrogen (secondary N) is 2. The number of hydrogen-bond donors (Lipinski definition) is 2. The molecule has 0 radical (unpaired) electrons. The zero-order valence-corrected chi connectivity index (χ0v) is 9.77. The van der Waals surface area contributed by atoms with Crippen LogP contribution in [0.4, 0.5) is 0 Å². The summed E-state index contributed by atoms with van der Waals surface area (Å²) >= 11 is 0. The molecule has 1 heterocycles. The van der Waals surface area contributed by atoms with Crippen molar-refractivity contribution in [2.24, 2.45) is 5.41 Å². The Hall–Kier alpha value is -0.610. The quantitative estimate of drug-likeness (QED) is 0.656. The summed E-state index contributed by atoms with van der Waals surface area (Å²) in [5, 5.41) is 6.19. The van der Waals surface area contributed by atoms with Gasteiger partial charge in [0.05, 0.1) is 12.0 Å². The fourth-order valence-electron chi connectivity index (χ4n) is 1.84. The van der Waals surface area contributed by atoms with Crippen molar-refractivity contribution in [2.45, 2.75) is 26.7 Å². The Morgan fingerprint density at radius 1 is 1.60 bits per heavy atom. The first kappa shape index (κ1) is 12.5. The first-order valence-corrected chi connectivity index (χ1v) is 5.76. The zero-order valence-electron chi connectivity index (χ0n) is 9.77. The van der Waals surface area contributed by atoms with Gasteiger partial charge in [-0.25, -0.2) is 0 Å². The molecule has 1 fully saturated rings. The van der Waals surface area contributed by atoms with Gasteiger partial charge < -0.3 is 15.4 Å². The molecule has 0 spiro atoms.